The first-order valence-electron chi connectivity index (χ1n) is 7.36. The van der Waals surface area contributed by atoms with Crippen LogP contribution in [-0.4, -0.2) is 25.2 Å². The van der Waals surface area contributed by atoms with E-state index in [4.69, 9.17) is 4.74 Å². The molecule has 0 spiro atoms. The number of rotatable bonds is 2. The van der Waals surface area contributed by atoms with Crippen LogP contribution in [0.1, 0.15) is 12.5 Å². The van der Waals surface area contributed by atoms with E-state index < -0.39 is 0 Å². The quantitative estimate of drug-likeness (QED) is 0.796. The Labute approximate surface area is 134 Å². The summed E-state index contributed by atoms with van der Waals surface area (Å²) >= 11 is 1.82. The van der Waals surface area contributed by atoms with Crippen molar-refractivity contribution < 1.29 is 9.53 Å². The van der Waals surface area contributed by atoms with Gasteiger partial charge in [0, 0.05) is 12.0 Å². The van der Waals surface area contributed by atoms with E-state index >= 15 is 0 Å². The number of β-lactam (4-membered cyclic amide) rings is 1. The van der Waals surface area contributed by atoms with Crippen molar-refractivity contribution in [3.8, 4) is 0 Å². The van der Waals surface area contributed by atoms with Gasteiger partial charge in [0.05, 0.1) is 16.5 Å². The molecule has 2 aliphatic rings. The predicted octanol–water partition coefficient (Wildman–Crippen LogP) is 3.44. The predicted molar refractivity (Wildman–Crippen MR) is 88.2 cm³/mol. The van der Waals surface area contributed by atoms with Gasteiger partial charge in [-0.2, -0.15) is 0 Å². The van der Waals surface area contributed by atoms with Crippen molar-refractivity contribution in [2.24, 2.45) is 0 Å². The number of benzene rings is 2. The summed E-state index contributed by atoms with van der Waals surface area (Å²) in [4.78, 5) is 15.6. The van der Waals surface area contributed by atoms with Crippen molar-refractivity contribution in [1.29, 1.82) is 0 Å². The minimum absolute atomic E-state index is 0.0206. The molecule has 2 aromatic carbocycles. The first kappa shape index (κ1) is 13.9. The zero-order valence-corrected chi connectivity index (χ0v) is 13.3. The van der Waals surface area contributed by atoms with E-state index in [2.05, 4.69) is 25.1 Å². The molecule has 1 saturated heterocycles. The van der Waals surface area contributed by atoms with Crippen LogP contribution in [0.5, 0.6) is 0 Å². The summed E-state index contributed by atoms with van der Waals surface area (Å²) < 4.78 is 5.28. The van der Waals surface area contributed by atoms with Gasteiger partial charge in [0.15, 0.2) is 6.10 Å². The first-order valence-corrected chi connectivity index (χ1v) is 8.18. The van der Waals surface area contributed by atoms with Crippen molar-refractivity contribution in [2.75, 3.05) is 12.0 Å². The van der Waals surface area contributed by atoms with Gasteiger partial charge in [-0.05, 0) is 24.6 Å². The summed E-state index contributed by atoms with van der Waals surface area (Å²) in [6.07, 6.45) is -0.369. The molecule has 112 valence electrons. The number of fused-ring (bicyclic) bond motifs is 3. The zero-order valence-electron chi connectivity index (χ0n) is 12.5. The van der Waals surface area contributed by atoms with E-state index in [9.17, 15) is 4.79 Å². The smallest absolute Gasteiger partial charge is 0.258 e. The highest BCUT2D eigenvalue weighted by atomic mass is 32.2. The molecule has 0 radical (unpaired) electrons. The monoisotopic (exact) mass is 311 g/mol. The average Bonchev–Trinajstić information content (AvgIpc) is 2.55. The zero-order chi connectivity index (χ0) is 15.3. The van der Waals surface area contributed by atoms with Gasteiger partial charge in [0.2, 0.25) is 0 Å². The molecule has 0 aliphatic carbocycles. The molecule has 1 fully saturated rings. The molecule has 0 N–H and O–H groups in total. The van der Waals surface area contributed by atoms with Crippen LogP contribution in [0.15, 0.2) is 59.5 Å². The molecule has 4 rings (SSSR count). The molecule has 2 aliphatic heterocycles. The van der Waals surface area contributed by atoms with E-state index in [0.29, 0.717) is 0 Å². The number of hydrogen-bond donors (Lipinski definition) is 0. The fourth-order valence-electron chi connectivity index (χ4n) is 3.53. The van der Waals surface area contributed by atoms with E-state index in [1.54, 1.807) is 7.11 Å². The van der Waals surface area contributed by atoms with Crippen LogP contribution < -0.4 is 4.90 Å². The maximum Gasteiger partial charge on any atom is 0.258 e. The SMILES string of the molecule is CO[C@@H]1C(=O)N2c3ccccc3SC(C)(c3ccccc3)[C@@H]12. The molecule has 2 heterocycles. The Balaban J connectivity index is 1.88. The number of anilines is 1. The summed E-state index contributed by atoms with van der Waals surface area (Å²) in [5.41, 5.74) is 2.23. The molecule has 4 heteroatoms. The van der Waals surface area contributed by atoms with Gasteiger partial charge in [-0.15, -0.1) is 11.8 Å². The third-order valence-corrected chi connectivity index (χ3v) is 6.12. The van der Waals surface area contributed by atoms with Gasteiger partial charge >= 0.3 is 0 Å². The molecule has 2 aromatic rings. The number of ether oxygens (including phenoxy) is 1. The Morgan fingerprint density at radius 2 is 1.77 bits per heavy atom. The Bertz CT molecular complexity index is 733. The van der Waals surface area contributed by atoms with Gasteiger partial charge in [0.1, 0.15) is 0 Å². The summed E-state index contributed by atoms with van der Waals surface area (Å²) in [6.45, 7) is 2.21. The lowest BCUT2D eigenvalue weighted by atomic mass is 9.80. The Kier molecular flexibility index (Phi) is 3.06. The standard InChI is InChI=1S/C18H17NO2S/c1-18(12-8-4-3-5-9-12)16-15(21-2)17(20)19(16)13-10-6-7-11-14(13)22-18/h3-11,15-16H,1-2H3/t15-,16+,18?/m0/s1. The Morgan fingerprint density at radius 1 is 1.09 bits per heavy atom. The largest absolute Gasteiger partial charge is 0.369 e. The maximum absolute atomic E-state index is 12.5. The van der Waals surface area contributed by atoms with Crippen molar-refractivity contribution in [3.05, 3.63) is 60.2 Å². The van der Waals surface area contributed by atoms with Gasteiger partial charge < -0.3 is 9.64 Å². The molecular formula is C18H17NO2S. The highest BCUT2D eigenvalue weighted by Crippen LogP contribution is 2.57. The van der Waals surface area contributed by atoms with Crippen LogP contribution in [0.2, 0.25) is 0 Å². The fraction of sp³-hybridized carbons (Fsp3) is 0.278. The maximum atomic E-state index is 12.5. The molecule has 0 aromatic heterocycles. The molecule has 1 amide bonds. The molecule has 3 atom stereocenters. The highest BCUT2D eigenvalue weighted by Gasteiger charge is 2.61. The van der Waals surface area contributed by atoms with Crippen molar-refractivity contribution in [1.82, 2.24) is 0 Å². The second-order valence-corrected chi connectivity index (χ2v) is 7.34. The normalized spacial score (nSPS) is 29.5. The van der Waals surface area contributed by atoms with Crippen LogP contribution in [0.4, 0.5) is 5.69 Å². The lowest BCUT2D eigenvalue weighted by Crippen LogP contribution is -2.73. The van der Waals surface area contributed by atoms with Crippen LogP contribution in [-0.2, 0) is 14.3 Å². The Morgan fingerprint density at radius 3 is 2.50 bits per heavy atom. The lowest BCUT2D eigenvalue weighted by Gasteiger charge is -2.57. The van der Waals surface area contributed by atoms with Crippen LogP contribution in [0, 0.1) is 0 Å². The third kappa shape index (κ3) is 1.71. The van der Waals surface area contributed by atoms with Crippen molar-refractivity contribution >= 4 is 23.4 Å². The van der Waals surface area contributed by atoms with Gasteiger partial charge in [0.25, 0.3) is 5.91 Å². The van der Waals surface area contributed by atoms with Crippen LogP contribution in [0.3, 0.4) is 0 Å². The molecule has 0 bridgehead atoms. The lowest BCUT2D eigenvalue weighted by molar-refractivity contribution is -0.141. The molecule has 22 heavy (non-hydrogen) atoms. The number of methoxy groups -OCH3 is 1. The van der Waals surface area contributed by atoms with Gasteiger partial charge in [-0.1, -0.05) is 42.5 Å². The fourth-order valence-corrected chi connectivity index (χ4v) is 5.00. The summed E-state index contributed by atoms with van der Waals surface area (Å²) in [5, 5.41) is 0. The number of para-hydroxylation sites is 1. The second-order valence-electron chi connectivity index (χ2n) is 5.85. The van der Waals surface area contributed by atoms with Gasteiger partial charge in [-0.25, -0.2) is 0 Å². The van der Waals surface area contributed by atoms with Crippen molar-refractivity contribution in [3.63, 3.8) is 0 Å². The molecule has 3 nitrogen and oxygen atoms in total. The molecule has 0 saturated carbocycles. The van der Waals surface area contributed by atoms with E-state index in [1.165, 1.54) is 5.56 Å². The second kappa shape index (κ2) is 4.86. The summed E-state index contributed by atoms with van der Waals surface area (Å²) in [7, 11) is 1.62. The Hall–Kier alpha value is -1.78. The van der Waals surface area contributed by atoms with E-state index in [-0.39, 0.29) is 22.8 Å². The van der Waals surface area contributed by atoms with Crippen molar-refractivity contribution in [2.45, 2.75) is 28.7 Å². The van der Waals surface area contributed by atoms with E-state index in [0.717, 1.165) is 10.6 Å². The number of hydrogen-bond acceptors (Lipinski definition) is 3. The topological polar surface area (TPSA) is 29.5 Å². The van der Waals surface area contributed by atoms with Gasteiger partial charge in [-0.3, -0.25) is 4.79 Å². The number of amides is 1. The van der Waals surface area contributed by atoms with Crippen LogP contribution in [0.25, 0.3) is 0 Å². The van der Waals surface area contributed by atoms with Crippen LogP contribution >= 0.6 is 11.8 Å². The minimum atomic E-state index is -0.369. The molecule has 1 unspecified atom stereocenters. The minimum Gasteiger partial charge on any atom is -0.369 e. The summed E-state index contributed by atoms with van der Waals surface area (Å²) in [6, 6.07) is 18.5. The highest BCUT2D eigenvalue weighted by molar-refractivity contribution is 8.00. The van der Waals surface area contributed by atoms with E-state index in [1.807, 2.05) is 53.1 Å². The number of nitrogens with zero attached hydrogens (tertiary/aromatic N) is 1. The third-order valence-electron chi connectivity index (χ3n) is 4.66. The summed E-state index contributed by atoms with van der Waals surface area (Å²) in [5.74, 6) is 0.0578. The number of carbonyl (C=O) groups excluding carboxylic acids is 1. The average molecular weight is 311 g/mol. The first-order chi connectivity index (χ1) is 10.7. The number of carbonyl (C=O) groups is 1. The number of thioether (sulfide) groups is 1. The molecular weight excluding hydrogens is 294 g/mol.